The van der Waals surface area contributed by atoms with E-state index in [0.717, 1.165) is 16.7 Å². The Labute approximate surface area is 222 Å². The number of aromatic hydroxyl groups is 1. The number of likely N-dealkylation sites (tertiary alicyclic amines) is 1. The van der Waals surface area contributed by atoms with Crippen molar-refractivity contribution in [2.75, 3.05) is 26.9 Å². The SMILES string of the molecule is COCC1=C2[C@@H](CC/C(C)=C/c3ccc(O)c(F)c3)OC[C@@H]2[C@@H]2C(=O)N(CCCCCC(=O)O)C(=O)[C@@H]2C1. The second kappa shape index (κ2) is 12.2. The number of carbonyl (C=O) groups excluding carboxylic acids is 2. The first-order chi connectivity index (χ1) is 18.2. The Morgan fingerprint density at radius 3 is 2.68 bits per heavy atom. The van der Waals surface area contributed by atoms with Gasteiger partial charge in [0.2, 0.25) is 11.8 Å². The summed E-state index contributed by atoms with van der Waals surface area (Å²) in [6.45, 7) is 3.04. The van der Waals surface area contributed by atoms with Gasteiger partial charge in [-0.25, -0.2) is 4.39 Å². The number of amides is 2. The lowest BCUT2D eigenvalue weighted by Crippen LogP contribution is -2.35. The zero-order valence-electron chi connectivity index (χ0n) is 22.0. The average Bonchev–Trinajstić information content (AvgIpc) is 3.39. The molecule has 2 fully saturated rings. The second-order valence-electron chi connectivity index (χ2n) is 10.5. The number of hydrogen-bond acceptors (Lipinski definition) is 6. The van der Waals surface area contributed by atoms with E-state index in [1.165, 1.54) is 17.0 Å². The number of aliphatic carboxylic acids is 1. The molecule has 1 aromatic carbocycles. The van der Waals surface area contributed by atoms with E-state index in [0.29, 0.717) is 63.8 Å². The van der Waals surface area contributed by atoms with E-state index in [2.05, 4.69) is 0 Å². The van der Waals surface area contributed by atoms with Gasteiger partial charge in [0.15, 0.2) is 11.6 Å². The summed E-state index contributed by atoms with van der Waals surface area (Å²) in [5.41, 5.74) is 3.82. The fourth-order valence-corrected chi connectivity index (χ4v) is 6.12. The van der Waals surface area contributed by atoms with Gasteiger partial charge >= 0.3 is 5.97 Å². The standard InChI is InChI=1S/C29H36FNO7/c1-17(12-18-8-9-23(32)22(30)13-18)7-10-24-26-19(15-37-2)14-20-27(21(26)16-38-24)29(36)31(28(20)35)11-5-3-4-6-25(33)34/h8-9,12-13,20-21,24,27,32H,3-7,10-11,14-16H2,1-2H3,(H,33,34)/b17-12+/t20-,21+,24-,27-/m1/s1. The molecule has 206 valence electrons. The Kier molecular flexibility index (Phi) is 8.99. The second-order valence-corrected chi connectivity index (χ2v) is 10.5. The lowest BCUT2D eigenvalue weighted by atomic mass is 9.69. The minimum absolute atomic E-state index is 0.0854. The van der Waals surface area contributed by atoms with Crippen LogP contribution in [0.4, 0.5) is 4.39 Å². The Bertz CT molecular complexity index is 1140. The van der Waals surface area contributed by atoms with Gasteiger partial charge in [-0.05, 0) is 67.9 Å². The third-order valence-electron chi connectivity index (χ3n) is 7.88. The summed E-state index contributed by atoms with van der Waals surface area (Å²) in [5.74, 6) is -3.18. The summed E-state index contributed by atoms with van der Waals surface area (Å²) >= 11 is 0. The molecular weight excluding hydrogens is 493 g/mol. The number of carboxylic acids is 1. The van der Waals surface area contributed by atoms with Crippen LogP contribution in [-0.4, -0.2) is 65.9 Å². The van der Waals surface area contributed by atoms with Crippen LogP contribution in [-0.2, 0) is 23.9 Å². The minimum Gasteiger partial charge on any atom is -0.505 e. The molecule has 1 aliphatic carbocycles. The molecule has 2 aliphatic heterocycles. The number of rotatable bonds is 12. The average molecular weight is 530 g/mol. The highest BCUT2D eigenvalue weighted by molar-refractivity contribution is 6.06. The molecule has 0 radical (unpaired) electrons. The fraction of sp³-hybridized carbons (Fsp3) is 0.552. The maximum Gasteiger partial charge on any atom is 0.303 e. The third kappa shape index (κ3) is 5.99. The van der Waals surface area contributed by atoms with Gasteiger partial charge in [-0.2, -0.15) is 0 Å². The van der Waals surface area contributed by atoms with Crippen molar-refractivity contribution in [1.29, 1.82) is 0 Å². The lowest BCUT2D eigenvalue weighted by molar-refractivity contribution is -0.141. The molecule has 0 saturated carbocycles. The van der Waals surface area contributed by atoms with E-state index in [4.69, 9.17) is 14.6 Å². The zero-order chi connectivity index (χ0) is 27.4. The van der Waals surface area contributed by atoms with E-state index >= 15 is 0 Å². The van der Waals surface area contributed by atoms with Crippen molar-refractivity contribution in [1.82, 2.24) is 4.90 Å². The molecule has 38 heavy (non-hydrogen) atoms. The molecule has 3 aliphatic rings. The summed E-state index contributed by atoms with van der Waals surface area (Å²) in [7, 11) is 1.62. The van der Waals surface area contributed by atoms with Gasteiger partial charge in [-0.3, -0.25) is 19.3 Å². The van der Waals surface area contributed by atoms with Crippen LogP contribution < -0.4 is 0 Å². The van der Waals surface area contributed by atoms with Crippen LogP contribution in [0.5, 0.6) is 5.75 Å². The number of ether oxygens (including phenoxy) is 2. The predicted molar refractivity (Wildman–Crippen MR) is 138 cm³/mol. The van der Waals surface area contributed by atoms with Crippen LogP contribution in [0.25, 0.3) is 6.08 Å². The van der Waals surface area contributed by atoms with Gasteiger partial charge in [-0.15, -0.1) is 0 Å². The summed E-state index contributed by atoms with van der Waals surface area (Å²) in [6.07, 6.45) is 5.42. The highest BCUT2D eigenvalue weighted by Crippen LogP contribution is 2.50. The molecule has 1 aromatic rings. The molecule has 2 N–H and O–H groups in total. The number of nitrogens with zero attached hydrogens (tertiary/aromatic N) is 1. The van der Waals surface area contributed by atoms with Crippen LogP contribution >= 0.6 is 0 Å². The largest absolute Gasteiger partial charge is 0.505 e. The van der Waals surface area contributed by atoms with Gasteiger partial charge < -0.3 is 19.7 Å². The van der Waals surface area contributed by atoms with Crippen LogP contribution in [0.3, 0.4) is 0 Å². The number of carboxylic acid groups (broad SMARTS) is 1. The molecule has 0 unspecified atom stereocenters. The highest BCUT2D eigenvalue weighted by atomic mass is 19.1. The number of carbonyl (C=O) groups is 3. The van der Waals surface area contributed by atoms with E-state index in [1.54, 1.807) is 13.2 Å². The number of allylic oxidation sites excluding steroid dienone is 1. The highest BCUT2D eigenvalue weighted by Gasteiger charge is 2.56. The van der Waals surface area contributed by atoms with Crippen molar-refractivity contribution in [3.8, 4) is 5.75 Å². The summed E-state index contributed by atoms with van der Waals surface area (Å²) < 4.78 is 25.4. The number of phenols is 1. The normalized spacial score (nSPS) is 25.2. The number of halogens is 1. The van der Waals surface area contributed by atoms with Gasteiger partial charge in [-0.1, -0.05) is 24.1 Å². The molecule has 0 aromatic heterocycles. The van der Waals surface area contributed by atoms with Crippen LogP contribution in [0.15, 0.2) is 34.9 Å². The van der Waals surface area contributed by atoms with E-state index in [-0.39, 0.29) is 36.0 Å². The van der Waals surface area contributed by atoms with E-state index in [1.807, 2.05) is 13.0 Å². The Balaban J connectivity index is 1.44. The van der Waals surface area contributed by atoms with Crippen molar-refractivity contribution >= 4 is 23.9 Å². The minimum atomic E-state index is -0.843. The topological polar surface area (TPSA) is 113 Å². The van der Waals surface area contributed by atoms with Crippen molar-refractivity contribution < 1.29 is 38.5 Å². The molecule has 4 rings (SSSR count). The molecular formula is C29H36FNO7. The van der Waals surface area contributed by atoms with E-state index < -0.39 is 23.6 Å². The quantitative estimate of drug-likeness (QED) is 0.235. The third-order valence-corrected chi connectivity index (χ3v) is 7.88. The molecule has 2 heterocycles. The number of imide groups is 1. The number of benzene rings is 1. The van der Waals surface area contributed by atoms with Gasteiger partial charge in [0.05, 0.1) is 31.2 Å². The predicted octanol–water partition coefficient (Wildman–Crippen LogP) is 4.32. The molecule has 2 saturated heterocycles. The number of fused-ring (bicyclic) bond motifs is 3. The first-order valence-corrected chi connectivity index (χ1v) is 13.3. The van der Waals surface area contributed by atoms with Gasteiger partial charge in [0.1, 0.15) is 0 Å². The lowest BCUT2D eigenvalue weighted by Gasteiger charge is -2.31. The Hall–Kier alpha value is -3.04. The van der Waals surface area contributed by atoms with Crippen molar-refractivity contribution in [2.45, 2.75) is 58.0 Å². The fourth-order valence-electron chi connectivity index (χ4n) is 6.12. The molecule has 0 spiro atoms. The summed E-state index contributed by atoms with van der Waals surface area (Å²) in [5, 5.41) is 18.2. The first-order valence-electron chi connectivity index (χ1n) is 13.3. The number of methoxy groups -OCH3 is 1. The molecule has 0 bridgehead atoms. The number of hydrogen-bond donors (Lipinski definition) is 2. The van der Waals surface area contributed by atoms with Crippen molar-refractivity contribution in [3.05, 3.63) is 46.3 Å². The van der Waals surface area contributed by atoms with Crippen molar-refractivity contribution in [2.24, 2.45) is 17.8 Å². The summed E-state index contributed by atoms with van der Waals surface area (Å²) in [4.78, 5) is 38.7. The number of unbranched alkanes of at least 4 members (excludes halogenated alkanes) is 2. The smallest absolute Gasteiger partial charge is 0.303 e. The summed E-state index contributed by atoms with van der Waals surface area (Å²) in [6, 6.07) is 4.28. The molecule has 2 amide bonds. The molecule has 8 nitrogen and oxygen atoms in total. The van der Waals surface area contributed by atoms with Crippen LogP contribution in [0.2, 0.25) is 0 Å². The maximum absolute atomic E-state index is 13.7. The Morgan fingerprint density at radius 2 is 1.97 bits per heavy atom. The van der Waals surface area contributed by atoms with Gasteiger partial charge in [0, 0.05) is 26.0 Å². The van der Waals surface area contributed by atoms with E-state index in [9.17, 15) is 23.9 Å². The molecule has 9 heteroatoms. The monoisotopic (exact) mass is 529 g/mol. The first kappa shape index (κ1) is 28.0. The molecule has 4 atom stereocenters. The zero-order valence-corrected chi connectivity index (χ0v) is 22.0. The Morgan fingerprint density at radius 1 is 1.18 bits per heavy atom. The van der Waals surface area contributed by atoms with Crippen molar-refractivity contribution in [3.63, 3.8) is 0 Å². The van der Waals surface area contributed by atoms with Crippen LogP contribution in [0.1, 0.15) is 57.4 Å². The maximum atomic E-state index is 13.7. The van der Waals surface area contributed by atoms with Crippen LogP contribution in [0, 0.1) is 23.6 Å². The number of phenolic OH excluding ortho intramolecular Hbond substituents is 1. The van der Waals surface area contributed by atoms with Gasteiger partial charge in [0.25, 0.3) is 0 Å².